The molecule has 0 bridgehead atoms. The number of aromatic nitrogens is 2. The minimum atomic E-state index is 0.213. The van der Waals surface area contributed by atoms with E-state index in [2.05, 4.69) is 15.3 Å². The lowest BCUT2D eigenvalue weighted by molar-refractivity contribution is -0.125. The van der Waals surface area contributed by atoms with Crippen LogP contribution < -0.4 is 10.1 Å². The van der Waals surface area contributed by atoms with Crippen molar-refractivity contribution in [1.29, 1.82) is 0 Å². The first kappa shape index (κ1) is 17.9. The zero-order valence-electron chi connectivity index (χ0n) is 14.7. The van der Waals surface area contributed by atoms with Crippen molar-refractivity contribution in [3.8, 4) is 5.75 Å². The molecule has 3 rings (SSSR count). The number of pyridine rings is 1. The third-order valence-corrected chi connectivity index (χ3v) is 5.37. The van der Waals surface area contributed by atoms with Gasteiger partial charge in [0.1, 0.15) is 17.4 Å². The van der Waals surface area contributed by atoms with Gasteiger partial charge in [0.2, 0.25) is 5.91 Å². The number of hydrogen-bond acceptors (Lipinski definition) is 5. The van der Waals surface area contributed by atoms with Crippen molar-refractivity contribution in [1.82, 2.24) is 15.3 Å². The Morgan fingerprint density at radius 2 is 2.16 bits per heavy atom. The lowest BCUT2D eigenvalue weighted by Crippen LogP contribution is -2.33. The number of aryl methyl sites for hydroxylation is 1. The van der Waals surface area contributed by atoms with E-state index in [1.165, 1.54) is 19.3 Å². The molecule has 1 fully saturated rings. The van der Waals surface area contributed by atoms with Gasteiger partial charge in [0.15, 0.2) is 0 Å². The Labute approximate surface area is 152 Å². The normalized spacial score (nSPS) is 15.1. The Bertz CT molecular complexity index is 678. The van der Waals surface area contributed by atoms with Crippen LogP contribution in [-0.4, -0.2) is 22.4 Å². The molecule has 1 aliphatic rings. The first-order chi connectivity index (χ1) is 12.2. The van der Waals surface area contributed by atoms with E-state index in [0.717, 1.165) is 41.4 Å². The van der Waals surface area contributed by atoms with E-state index in [9.17, 15) is 4.79 Å². The number of carbonyl (C=O) groups is 1. The van der Waals surface area contributed by atoms with E-state index in [0.29, 0.717) is 13.2 Å². The predicted octanol–water partition coefficient (Wildman–Crippen LogP) is 3.66. The number of nitrogens with zero attached hydrogens (tertiary/aromatic N) is 2. The van der Waals surface area contributed by atoms with Crippen molar-refractivity contribution in [2.75, 3.05) is 6.54 Å². The van der Waals surface area contributed by atoms with Crippen molar-refractivity contribution in [2.24, 2.45) is 5.92 Å². The molecule has 134 valence electrons. The van der Waals surface area contributed by atoms with Crippen LogP contribution in [0.15, 0.2) is 23.7 Å². The highest BCUT2D eigenvalue weighted by atomic mass is 32.1. The summed E-state index contributed by atoms with van der Waals surface area (Å²) in [7, 11) is 0. The average Bonchev–Trinajstić information content (AvgIpc) is 3.10. The highest BCUT2D eigenvalue weighted by Crippen LogP contribution is 2.23. The molecule has 0 unspecified atom stereocenters. The molecule has 6 heteroatoms. The lowest BCUT2D eigenvalue weighted by atomic mass is 9.89. The number of amides is 1. The van der Waals surface area contributed by atoms with Crippen LogP contribution in [0.5, 0.6) is 5.75 Å². The van der Waals surface area contributed by atoms with E-state index in [-0.39, 0.29) is 11.8 Å². The van der Waals surface area contributed by atoms with Crippen LogP contribution in [0.2, 0.25) is 0 Å². The van der Waals surface area contributed by atoms with E-state index >= 15 is 0 Å². The lowest BCUT2D eigenvalue weighted by Gasteiger charge is -2.20. The second-order valence-electron chi connectivity index (χ2n) is 6.53. The quantitative estimate of drug-likeness (QED) is 0.819. The fourth-order valence-corrected chi connectivity index (χ4v) is 3.78. The smallest absolute Gasteiger partial charge is 0.223 e. The van der Waals surface area contributed by atoms with Crippen LogP contribution >= 0.6 is 11.3 Å². The fraction of sp³-hybridized carbons (Fsp3) is 0.526. The van der Waals surface area contributed by atoms with E-state index < -0.39 is 0 Å². The van der Waals surface area contributed by atoms with Crippen LogP contribution in [-0.2, 0) is 17.8 Å². The average molecular weight is 359 g/mol. The number of ether oxygens (including phenoxy) is 1. The third-order valence-electron chi connectivity index (χ3n) is 4.50. The molecular weight excluding hydrogens is 334 g/mol. The minimum absolute atomic E-state index is 0.213. The molecular formula is C19H25N3O2S. The fourth-order valence-electron chi connectivity index (χ4n) is 3.04. The van der Waals surface area contributed by atoms with Crippen molar-refractivity contribution in [3.05, 3.63) is 40.1 Å². The molecule has 0 spiro atoms. The van der Waals surface area contributed by atoms with E-state index in [4.69, 9.17) is 4.74 Å². The summed E-state index contributed by atoms with van der Waals surface area (Å²) >= 11 is 1.59. The highest BCUT2D eigenvalue weighted by Gasteiger charge is 2.20. The standard InChI is InChI=1S/C19H25N3O2S/c1-14-7-8-17(11-21-14)24-12-18-22-16(13-25-18)9-10-20-19(23)15-5-3-2-4-6-15/h7-8,11,13,15H,2-6,9-10,12H2,1H3,(H,20,23). The van der Waals surface area contributed by atoms with Gasteiger partial charge in [-0.3, -0.25) is 9.78 Å². The Morgan fingerprint density at radius 3 is 2.92 bits per heavy atom. The summed E-state index contributed by atoms with van der Waals surface area (Å²) in [4.78, 5) is 20.9. The maximum atomic E-state index is 12.1. The van der Waals surface area contributed by atoms with Crippen molar-refractivity contribution in [2.45, 2.75) is 52.1 Å². The molecule has 0 aromatic carbocycles. The van der Waals surface area contributed by atoms with Gasteiger partial charge < -0.3 is 10.1 Å². The molecule has 1 saturated carbocycles. The predicted molar refractivity (Wildman–Crippen MR) is 98.7 cm³/mol. The summed E-state index contributed by atoms with van der Waals surface area (Å²) in [6.07, 6.45) is 8.21. The molecule has 0 radical (unpaired) electrons. The molecule has 1 aliphatic carbocycles. The summed E-state index contributed by atoms with van der Waals surface area (Å²) < 4.78 is 5.70. The summed E-state index contributed by atoms with van der Waals surface area (Å²) in [5.74, 6) is 1.18. The summed E-state index contributed by atoms with van der Waals surface area (Å²) in [5.41, 5.74) is 1.98. The molecule has 25 heavy (non-hydrogen) atoms. The number of hydrogen-bond donors (Lipinski definition) is 1. The van der Waals surface area contributed by atoms with Gasteiger partial charge in [-0.25, -0.2) is 4.98 Å². The SMILES string of the molecule is Cc1ccc(OCc2nc(CCNC(=O)C3CCCCC3)cs2)cn1. The molecule has 0 aliphatic heterocycles. The maximum Gasteiger partial charge on any atom is 0.223 e. The van der Waals surface area contributed by atoms with Gasteiger partial charge in [0, 0.05) is 30.0 Å². The van der Waals surface area contributed by atoms with Gasteiger partial charge in [-0.15, -0.1) is 11.3 Å². The summed E-state index contributed by atoms with van der Waals surface area (Å²) in [6, 6.07) is 3.84. The third kappa shape index (κ3) is 5.53. The number of nitrogens with one attached hydrogen (secondary N) is 1. The largest absolute Gasteiger partial charge is 0.485 e. The van der Waals surface area contributed by atoms with Crippen LogP contribution in [0, 0.1) is 12.8 Å². The zero-order valence-corrected chi connectivity index (χ0v) is 15.5. The van der Waals surface area contributed by atoms with Crippen LogP contribution in [0.1, 0.15) is 48.5 Å². The van der Waals surface area contributed by atoms with E-state index in [1.54, 1.807) is 17.5 Å². The first-order valence-electron chi connectivity index (χ1n) is 8.97. The number of carbonyl (C=O) groups excluding carboxylic acids is 1. The van der Waals surface area contributed by atoms with Crippen LogP contribution in [0.25, 0.3) is 0 Å². The maximum absolute atomic E-state index is 12.1. The number of rotatable bonds is 7. The minimum Gasteiger partial charge on any atom is -0.485 e. The topological polar surface area (TPSA) is 64.1 Å². The van der Waals surface area contributed by atoms with Gasteiger partial charge in [-0.05, 0) is 31.9 Å². The van der Waals surface area contributed by atoms with Crippen molar-refractivity contribution < 1.29 is 9.53 Å². The highest BCUT2D eigenvalue weighted by molar-refractivity contribution is 7.09. The Kier molecular flexibility index (Phi) is 6.39. The first-order valence-corrected chi connectivity index (χ1v) is 9.85. The van der Waals surface area contributed by atoms with Gasteiger partial charge in [-0.2, -0.15) is 0 Å². The van der Waals surface area contributed by atoms with Gasteiger partial charge >= 0.3 is 0 Å². The van der Waals surface area contributed by atoms with Crippen LogP contribution in [0.4, 0.5) is 0 Å². The van der Waals surface area contributed by atoms with Crippen molar-refractivity contribution in [3.63, 3.8) is 0 Å². The Hall–Kier alpha value is -1.95. The Morgan fingerprint density at radius 1 is 1.32 bits per heavy atom. The molecule has 2 aromatic rings. The summed E-state index contributed by atoms with van der Waals surface area (Å²) in [5, 5.41) is 6.04. The molecule has 2 aromatic heterocycles. The van der Waals surface area contributed by atoms with Crippen molar-refractivity contribution >= 4 is 17.2 Å². The monoisotopic (exact) mass is 359 g/mol. The molecule has 1 amide bonds. The summed E-state index contributed by atoms with van der Waals surface area (Å²) in [6.45, 7) is 3.05. The second-order valence-corrected chi connectivity index (χ2v) is 7.48. The van der Waals surface area contributed by atoms with Crippen LogP contribution in [0.3, 0.4) is 0 Å². The molecule has 0 atom stereocenters. The van der Waals surface area contributed by atoms with Gasteiger partial charge in [0.05, 0.1) is 11.9 Å². The molecule has 1 N–H and O–H groups in total. The van der Waals surface area contributed by atoms with Gasteiger partial charge in [0.25, 0.3) is 0 Å². The molecule has 5 nitrogen and oxygen atoms in total. The Balaban J connectivity index is 1.39. The van der Waals surface area contributed by atoms with Gasteiger partial charge in [-0.1, -0.05) is 19.3 Å². The van der Waals surface area contributed by atoms with E-state index in [1.807, 2.05) is 24.4 Å². The zero-order chi connectivity index (χ0) is 17.5. The second kappa shape index (κ2) is 8.94. The number of thiazole rings is 1. The molecule has 0 saturated heterocycles. The molecule has 2 heterocycles.